The van der Waals surface area contributed by atoms with Crippen LogP contribution >= 0.6 is 11.8 Å². The second kappa shape index (κ2) is 11.9. The van der Waals surface area contributed by atoms with E-state index in [9.17, 15) is 19.2 Å². The average molecular weight is 395 g/mol. The Morgan fingerprint density at radius 3 is 2.48 bits per heavy atom. The summed E-state index contributed by atoms with van der Waals surface area (Å²) in [6.07, 6.45) is 0.736. The predicted molar refractivity (Wildman–Crippen MR) is 103 cm³/mol. The highest BCUT2D eigenvalue weighted by Gasteiger charge is 2.16. The first-order chi connectivity index (χ1) is 12.8. The van der Waals surface area contributed by atoms with E-state index in [0.717, 1.165) is 6.42 Å². The lowest BCUT2D eigenvalue weighted by Gasteiger charge is -2.11. The summed E-state index contributed by atoms with van der Waals surface area (Å²) in [7, 11) is 0. The van der Waals surface area contributed by atoms with E-state index in [1.807, 2.05) is 20.8 Å². The molecule has 0 heterocycles. The molecule has 0 saturated heterocycles. The Kier molecular flexibility index (Phi) is 9.95. The smallest absolute Gasteiger partial charge is 0.339 e. The maximum atomic E-state index is 12.2. The minimum atomic E-state index is -0.724. The van der Waals surface area contributed by atoms with Crippen molar-refractivity contribution >= 4 is 35.6 Å². The number of hydrogen-bond acceptors (Lipinski definition) is 6. The van der Waals surface area contributed by atoms with Gasteiger partial charge in [-0.05, 0) is 32.4 Å². The molecule has 0 aromatic heterocycles. The molecule has 8 nitrogen and oxygen atoms in total. The molecule has 0 atom stereocenters. The first kappa shape index (κ1) is 22.5. The van der Waals surface area contributed by atoms with Crippen LogP contribution < -0.4 is 16.0 Å². The monoisotopic (exact) mass is 395 g/mol. The molecule has 3 N–H and O–H groups in total. The number of ether oxygens (including phenoxy) is 1. The standard InChI is InChI=1S/C18H25N3O5S/c1-4-9-19-18(25)21-15(22)10-26-17(24)13-7-5-6-8-14(13)27-11-16(23)20-12(2)3/h5-8,12H,4,9-11H2,1-3H3,(H,20,23)(H2,19,21,22,25). The van der Waals surface area contributed by atoms with Crippen LogP contribution in [-0.2, 0) is 14.3 Å². The fraction of sp³-hybridized carbons (Fsp3) is 0.444. The Balaban J connectivity index is 2.56. The molecule has 27 heavy (non-hydrogen) atoms. The van der Waals surface area contributed by atoms with Crippen LogP contribution in [0.15, 0.2) is 29.2 Å². The second-order valence-electron chi connectivity index (χ2n) is 5.89. The van der Waals surface area contributed by atoms with Gasteiger partial charge in [0.15, 0.2) is 6.61 Å². The van der Waals surface area contributed by atoms with Gasteiger partial charge in [-0.15, -0.1) is 11.8 Å². The highest BCUT2D eigenvalue weighted by Crippen LogP contribution is 2.23. The van der Waals surface area contributed by atoms with Crippen molar-refractivity contribution in [1.29, 1.82) is 0 Å². The van der Waals surface area contributed by atoms with Crippen molar-refractivity contribution in [3.05, 3.63) is 29.8 Å². The molecule has 0 radical (unpaired) electrons. The second-order valence-corrected chi connectivity index (χ2v) is 6.90. The lowest BCUT2D eigenvalue weighted by atomic mass is 10.2. The van der Waals surface area contributed by atoms with Crippen LogP contribution in [0.3, 0.4) is 0 Å². The highest BCUT2D eigenvalue weighted by atomic mass is 32.2. The third-order valence-electron chi connectivity index (χ3n) is 3.04. The van der Waals surface area contributed by atoms with Gasteiger partial charge in [-0.1, -0.05) is 19.1 Å². The van der Waals surface area contributed by atoms with Crippen LogP contribution in [0.1, 0.15) is 37.6 Å². The highest BCUT2D eigenvalue weighted by molar-refractivity contribution is 8.00. The first-order valence-corrected chi connectivity index (χ1v) is 9.58. The zero-order chi connectivity index (χ0) is 20.2. The summed E-state index contributed by atoms with van der Waals surface area (Å²) in [5.74, 6) is -1.42. The third-order valence-corrected chi connectivity index (χ3v) is 4.11. The minimum Gasteiger partial charge on any atom is -0.452 e. The van der Waals surface area contributed by atoms with Crippen molar-refractivity contribution in [2.45, 2.75) is 38.1 Å². The van der Waals surface area contributed by atoms with E-state index in [1.165, 1.54) is 11.8 Å². The summed E-state index contributed by atoms with van der Waals surface area (Å²) in [4.78, 5) is 47.6. The van der Waals surface area contributed by atoms with E-state index in [1.54, 1.807) is 24.3 Å². The summed E-state index contributed by atoms with van der Waals surface area (Å²) in [6.45, 7) is 5.47. The quantitative estimate of drug-likeness (QED) is 0.433. The molecule has 0 bridgehead atoms. The minimum absolute atomic E-state index is 0.0337. The Morgan fingerprint density at radius 1 is 1.11 bits per heavy atom. The number of carbonyl (C=O) groups is 4. The van der Waals surface area contributed by atoms with Gasteiger partial charge < -0.3 is 15.4 Å². The number of urea groups is 1. The Bertz CT molecular complexity index is 679. The molecule has 1 aromatic carbocycles. The number of imide groups is 1. The van der Waals surface area contributed by atoms with Crippen molar-refractivity contribution in [2.75, 3.05) is 18.9 Å². The van der Waals surface area contributed by atoms with Crippen molar-refractivity contribution < 1.29 is 23.9 Å². The van der Waals surface area contributed by atoms with E-state index < -0.39 is 24.5 Å². The van der Waals surface area contributed by atoms with Crippen molar-refractivity contribution in [3.63, 3.8) is 0 Å². The van der Waals surface area contributed by atoms with Gasteiger partial charge in [0.1, 0.15) is 0 Å². The van der Waals surface area contributed by atoms with Gasteiger partial charge in [0.05, 0.1) is 11.3 Å². The van der Waals surface area contributed by atoms with Gasteiger partial charge in [0.25, 0.3) is 5.91 Å². The van der Waals surface area contributed by atoms with Gasteiger partial charge in [0.2, 0.25) is 5.91 Å². The number of esters is 1. The first-order valence-electron chi connectivity index (χ1n) is 8.59. The number of amides is 4. The maximum absolute atomic E-state index is 12.2. The summed E-state index contributed by atoms with van der Waals surface area (Å²) in [6, 6.07) is 6.05. The van der Waals surface area contributed by atoms with Crippen LogP contribution in [-0.4, -0.2) is 48.8 Å². The fourth-order valence-corrected chi connectivity index (χ4v) is 2.77. The molecule has 1 rings (SSSR count). The Hall–Kier alpha value is -2.55. The number of thioether (sulfide) groups is 1. The van der Waals surface area contributed by atoms with Gasteiger partial charge in [-0.3, -0.25) is 14.9 Å². The predicted octanol–water partition coefficient (Wildman–Crippen LogP) is 1.70. The Labute approximate surface area is 162 Å². The van der Waals surface area contributed by atoms with Crippen molar-refractivity contribution in [2.24, 2.45) is 0 Å². The largest absolute Gasteiger partial charge is 0.452 e. The topological polar surface area (TPSA) is 114 Å². The van der Waals surface area contributed by atoms with Crippen LogP contribution in [0, 0.1) is 0 Å². The van der Waals surface area contributed by atoms with Crippen molar-refractivity contribution in [1.82, 2.24) is 16.0 Å². The molecule has 0 unspecified atom stereocenters. The molecule has 9 heteroatoms. The van der Waals surface area contributed by atoms with Crippen LogP contribution in [0.2, 0.25) is 0 Å². The molecule has 148 valence electrons. The van der Waals surface area contributed by atoms with E-state index in [0.29, 0.717) is 11.4 Å². The van der Waals surface area contributed by atoms with Gasteiger partial charge in [-0.25, -0.2) is 9.59 Å². The van der Waals surface area contributed by atoms with Crippen LogP contribution in [0.25, 0.3) is 0 Å². The molecular formula is C18H25N3O5S. The van der Waals surface area contributed by atoms with E-state index in [2.05, 4.69) is 16.0 Å². The zero-order valence-electron chi connectivity index (χ0n) is 15.7. The lowest BCUT2D eigenvalue weighted by Crippen LogP contribution is -2.41. The van der Waals surface area contributed by atoms with Gasteiger partial charge >= 0.3 is 12.0 Å². The third kappa shape index (κ3) is 9.09. The molecule has 0 fully saturated rings. The summed E-state index contributed by atoms with van der Waals surface area (Å²) >= 11 is 1.20. The molecule has 0 aliphatic carbocycles. The number of rotatable bonds is 9. The van der Waals surface area contributed by atoms with E-state index in [4.69, 9.17) is 4.74 Å². The molecular weight excluding hydrogens is 370 g/mol. The number of benzene rings is 1. The molecule has 0 spiro atoms. The number of hydrogen-bond donors (Lipinski definition) is 3. The molecule has 1 aromatic rings. The van der Waals surface area contributed by atoms with E-state index >= 15 is 0 Å². The molecule has 0 saturated carbocycles. The summed E-state index contributed by atoms with van der Waals surface area (Å²) in [5.41, 5.74) is 0.253. The molecule has 0 aliphatic heterocycles. The summed E-state index contributed by atoms with van der Waals surface area (Å²) < 4.78 is 4.96. The van der Waals surface area contributed by atoms with Crippen molar-refractivity contribution in [3.8, 4) is 0 Å². The molecule has 4 amide bonds. The maximum Gasteiger partial charge on any atom is 0.339 e. The normalized spacial score (nSPS) is 10.2. The average Bonchev–Trinajstić information content (AvgIpc) is 2.62. The van der Waals surface area contributed by atoms with Gasteiger partial charge in [0, 0.05) is 17.5 Å². The molecule has 0 aliphatic rings. The van der Waals surface area contributed by atoms with Gasteiger partial charge in [-0.2, -0.15) is 0 Å². The van der Waals surface area contributed by atoms with Crippen LogP contribution in [0.4, 0.5) is 4.79 Å². The fourth-order valence-electron chi connectivity index (χ4n) is 1.92. The Morgan fingerprint density at radius 2 is 1.81 bits per heavy atom. The SMILES string of the molecule is CCCNC(=O)NC(=O)COC(=O)c1ccccc1SCC(=O)NC(C)C. The number of carbonyl (C=O) groups excluding carboxylic acids is 4. The van der Waals surface area contributed by atoms with E-state index in [-0.39, 0.29) is 23.3 Å². The lowest BCUT2D eigenvalue weighted by molar-refractivity contribution is -0.123. The van der Waals surface area contributed by atoms with Crippen LogP contribution in [0.5, 0.6) is 0 Å². The summed E-state index contributed by atoms with van der Waals surface area (Å²) in [5, 5.41) is 7.32. The number of nitrogens with one attached hydrogen (secondary N) is 3. The zero-order valence-corrected chi connectivity index (χ0v) is 16.5.